The maximum Gasteiger partial charge on any atom is 0.0288 e. The van der Waals surface area contributed by atoms with Gasteiger partial charge in [0.2, 0.25) is 0 Å². The molecule has 0 N–H and O–H groups in total. The zero-order valence-electron chi connectivity index (χ0n) is 7.76. The SMILES string of the molecule is C=C/C(C)=C\C(C=NC)=C(/C)I. The maximum atomic E-state index is 3.98. The van der Waals surface area contributed by atoms with E-state index in [9.17, 15) is 0 Å². The second-order valence-corrected chi connectivity index (χ2v) is 4.09. The first-order valence-electron chi connectivity index (χ1n) is 3.71. The number of rotatable bonds is 3. The molecule has 0 fully saturated rings. The summed E-state index contributed by atoms with van der Waals surface area (Å²) in [5.41, 5.74) is 2.30. The molecule has 0 aromatic carbocycles. The first-order valence-corrected chi connectivity index (χ1v) is 4.79. The summed E-state index contributed by atoms with van der Waals surface area (Å²) in [6, 6.07) is 0. The molecular weight excluding hydrogens is 261 g/mol. The number of allylic oxidation sites excluding steroid dienone is 5. The van der Waals surface area contributed by atoms with Crippen LogP contribution in [-0.4, -0.2) is 13.3 Å². The van der Waals surface area contributed by atoms with Gasteiger partial charge in [-0.25, -0.2) is 0 Å². The van der Waals surface area contributed by atoms with E-state index in [2.05, 4.69) is 47.2 Å². The lowest BCUT2D eigenvalue weighted by molar-refractivity contribution is 1.44. The van der Waals surface area contributed by atoms with Crippen LogP contribution in [0, 0.1) is 0 Å². The molecule has 0 saturated carbocycles. The highest BCUT2D eigenvalue weighted by molar-refractivity contribution is 14.1. The van der Waals surface area contributed by atoms with Gasteiger partial charge in [-0.2, -0.15) is 0 Å². The smallest absolute Gasteiger partial charge is 0.0288 e. The maximum absolute atomic E-state index is 3.98. The predicted octanol–water partition coefficient (Wildman–Crippen LogP) is 3.53. The van der Waals surface area contributed by atoms with Gasteiger partial charge >= 0.3 is 0 Å². The van der Waals surface area contributed by atoms with Gasteiger partial charge in [-0.1, -0.05) is 18.2 Å². The van der Waals surface area contributed by atoms with Crippen LogP contribution in [-0.2, 0) is 0 Å². The highest BCUT2D eigenvalue weighted by Crippen LogP contribution is 2.13. The van der Waals surface area contributed by atoms with Crippen molar-refractivity contribution >= 4 is 28.8 Å². The minimum absolute atomic E-state index is 1.15. The Balaban J connectivity index is 4.80. The molecule has 0 unspecified atom stereocenters. The molecule has 0 aliphatic carbocycles. The third-order valence-electron chi connectivity index (χ3n) is 1.37. The summed E-state index contributed by atoms with van der Waals surface area (Å²) < 4.78 is 1.24. The van der Waals surface area contributed by atoms with Crippen molar-refractivity contribution in [3.8, 4) is 0 Å². The lowest BCUT2D eigenvalue weighted by atomic mass is 10.2. The molecule has 0 atom stereocenters. The van der Waals surface area contributed by atoms with E-state index in [1.54, 1.807) is 7.05 Å². The van der Waals surface area contributed by atoms with Crippen LogP contribution in [0.15, 0.2) is 38.4 Å². The monoisotopic (exact) mass is 275 g/mol. The summed E-state index contributed by atoms with van der Waals surface area (Å²) in [7, 11) is 1.77. The Morgan fingerprint density at radius 2 is 2.00 bits per heavy atom. The van der Waals surface area contributed by atoms with Crippen molar-refractivity contribution in [1.29, 1.82) is 0 Å². The fraction of sp³-hybridized carbons (Fsp3) is 0.300. The Bertz CT molecular complexity index is 243. The number of hydrogen-bond acceptors (Lipinski definition) is 1. The van der Waals surface area contributed by atoms with E-state index in [0.717, 1.165) is 11.1 Å². The second-order valence-electron chi connectivity index (χ2n) is 2.47. The molecule has 0 heterocycles. The third kappa shape index (κ3) is 4.49. The molecule has 0 aliphatic rings. The molecular formula is C10H14IN. The zero-order valence-corrected chi connectivity index (χ0v) is 9.92. The Morgan fingerprint density at radius 3 is 2.33 bits per heavy atom. The van der Waals surface area contributed by atoms with Gasteiger partial charge in [0.1, 0.15) is 0 Å². The number of nitrogens with zero attached hydrogens (tertiary/aromatic N) is 1. The third-order valence-corrected chi connectivity index (χ3v) is 1.99. The van der Waals surface area contributed by atoms with E-state index < -0.39 is 0 Å². The van der Waals surface area contributed by atoms with Crippen LogP contribution >= 0.6 is 22.6 Å². The van der Waals surface area contributed by atoms with Gasteiger partial charge in [-0.05, 0) is 46.1 Å². The highest BCUT2D eigenvalue weighted by Gasteiger charge is 1.92. The molecule has 0 radical (unpaired) electrons. The quantitative estimate of drug-likeness (QED) is 0.424. The number of hydrogen-bond donors (Lipinski definition) is 0. The topological polar surface area (TPSA) is 12.4 Å². The minimum atomic E-state index is 1.15. The number of halogens is 1. The van der Waals surface area contributed by atoms with Crippen molar-refractivity contribution in [3.05, 3.63) is 33.5 Å². The highest BCUT2D eigenvalue weighted by atomic mass is 127. The summed E-state index contributed by atoms with van der Waals surface area (Å²) in [5.74, 6) is 0. The van der Waals surface area contributed by atoms with Crippen molar-refractivity contribution in [2.45, 2.75) is 13.8 Å². The molecule has 0 aromatic rings. The van der Waals surface area contributed by atoms with Gasteiger partial charge in [0, 0.05) is 18.8 Å². The summed E-state index contributed by atoms with van der Waals surface area (Å²) in [6.45, 7) is 7.78. The van der Waals surface area contributed by atoms with Crippen LogP contribution in [0.25, 0.3) is 0 Å². The Morgan fingerprint density at radius 1 is 1.42 bits per heavy atom. The van der Waals surface area contributed by atoms with Crippen molar-refractivity contribution in [3.63, 3.8) is 0 Å². The van der Waals surface area contributed by atoms with Gasteiger partial charge < -0.3 is 0 Å². The standard InChI is InChI=1S/C10H14IN/c1-5-8(2)6-10(7-12-4)9(3)11/h5-7H,1H2,2-4H3/b8-6-,10-9-,12-7?. The van der Waals surface area contributed by atoms with E-state index in [1.807, 2.05) is 19.2 Å². The van der Waals surface area contributed by atoms with Crippen molar-refractivity contribution in [1.82, 2.24) is 0 Å². The van der Waals surface area contributed by atoms with E-state index >= 15 is 0 Å². The average Bonchev–Trinajstić information content (AvgIpc) is 2.03. The van der Waals surface area contributed by atoms with Gasteiger partial charge in [0.25, 0.3) is 0 Å². The number of aliphatic imine (C=N–C) groups is 1. The fourth-order valence-corrected chi connectivity index (χ4v) is 0.964. The van der Waals surface area contributed by atoms with E-state index in [-0.39, 0.29) is 0 Å². The summed E-state index contributed by atoms with van der Waals surface area (Å²) in [4.78, 5) is 3.98. The second kappa shape index (κ2) is 6.17. The van der Waals surface area contributed by atoms with E-state index in [1.165, 1.54) is 3.58 Å². The van der Waals surface area contributed by atoms with Crippen LogP contribution in [0.2, 0.25) is 0 Å². The molecule has 0 rings (SSSR count). The molecule has 0 saturated heterocycles. The van der Waals surface area contributed by atoms with Crippen molar-refractivity contribution in [2.75, 3.05) is 7.05 Å². The first kappa shape index (κ1) is 11.6. The van der Waals surface area contributed by atoms with Gasteiger partial charge in [-0.15, -0.1) is 0 Å². The van der Waals surface area contributed by atoms with Crippen molar-refractivity contribution in [2.24, 2.45) is 4.99 Å². The van der Waals surface area contributed by atoms with Gasteiger partial charge in [0.15, 0.2) is 0 Å². The Hall–Kier alpha value is -0.380. The van der Waals surface area contributed by atoms with E-state index in [4.69, 9.17) is 0 Å². The Kier molecular flexibility index (Phi) is 5.98. The largest absolute Gasteiger partial charge is 0.296 e. The molecule has 0 bridgehead atoms. The molecule has 12 heavy (non-hydrogen) atoms. The molecule has 1 nitrogen and oxygen atoms in total. The van der Waals surface area contributed by atoms with Crippen LogP contribution in [0.1, 0.15) is 13.8 Å². The van der Waals surface area contributed by atoms with Gasteiger partial charge in [0.05, 0.1) is 0 Å². The molecule has 0 spiro atoms. The average molecular weight is 275 g/mol. The predicted molar refractivity (Wildman–Crippen MR) is 65.1 cm³/mol. The van der Waals surface area contributed by atoms with Gasteiger partial charge in [-0.3, -0.25) is 4.99 Å². The van der Waals surface area contributed by atoms with Crippen LogP contribution in [0.3, 0.4) is 0 Å². The van der Waals surface area contributed by atoms with E-state index in [0.29, 0.717) is 0 Å². The molecule has 0 aliphatic heterocycles. The fourth-order valence-electron chi connectivity index (χ4n) is 0.669. The summed E-state index contributed by atoms with van der Waals surface area (Å²) in [5, 5.41) is 0. The minimum Gasteiger partial charge on any atom is -0.296 e. The van der Waals surface area contributed by atoms with Crippen LogP contribution in [0.4, 0.5) is 0 Å². The Labute approximate surface area is 88.1 Å². The molecule has 2 heteroatoms. The normalized spacial score (nSPS) is 14.8. The summed E-state index contributed by atoms with van der Waals surface area (Å²) in [6.07, 6.45) is 5.76. The zero-order chi connectivity index (χ0) is 9.56. The molecule has 66 valence electrons. The molecule has 0 amide bonds. The van der Waals surface area contributed by atoms with Crippen LogP contribution < -0.4 is 0 Å². The van der Waals surface area contributed by atoms with Crippen molar-refractivity contribution < 1.29 is 0 Å². The lowest BCUT2D eigenvalue weighted by Gasteiger charge is -1.96. The molecule has 0 aromatic heterocycles. The first-order chi connectivity index (χ1) is 5.61. The summed E-state index contributed by atoms with van der Waals surface area (Å²) >= 11 is 2.29. The van der Waals surface area contributed by atoms with Crippen LogP contribution in [0.5, 0.6) is 0 Å². The lowest BCUT2D eigenvalue weighted by Crippen LogP contribution is -1.83.